The summed E-state index contributed by atoms with van der Waals surface area (Å²) in [5.41, 5.74) is 0.345. The highest BCUT2D eigenvalue weighted by Crippen LogP contribution is 2.15. The van der Waals surface area contributed by atoms with E-state index < -0.39 is 0 Å². The number of rotatable bonds is 7. The van der Waals surface area contributed by atoms with E-state index in [1.54, 1.807) is 0 Å². The fourth-order valence-electron chi connectivity index (χ4n) is 1.28. The summed E-state index contributed by atoms with van der Waals surface area (Å²) < 4.78 is 0. The van der Waals surface area contributed by atoms with Gasteiger partial charge in [0.15, 0.2) is 0 Å². The first-order valence-corrected chi connectivity index (χ1v) is 5.84. The Balaban J connectivity index is 3.59. The number of nitrogens with one attached hydrogen (secondary N) is 1. The highest BCUT2D eigenvalue weighted by molar-refractivity contribution is 4.77. The molecular weight excluding hydrogens is 172 g/mol. The van der Waals surface area contributed by atoms with Crippen LogP contribution in [0.25, 0.3) is 0 Å². The average Bonchev–Trinajstić information content (AvgIpc) is 2.11. The smallest absolute Gasteiger partial charge is 0.0147 e. The lowest BCUT2D eigenvalue weighted by Crippen LogP contribution is -2.41. The Labute approximate surface area is 90.1 Å². The van der Waals surface area contributed by atoms with Crippen molar-refractivity contribution >= 4 is 0 Å². The van der Waals surface area contributed by atoms with Gasteiger partial charge in [-0.05, 0) is 46.8 Å². The second-order valence-corrected chi connectivity index (χ2v) is 5.05. The van der Waals surface area contributed by atoms with Crippen LogP contribution in [0.2, 0.25) is 0 Å². The van der Waals surface area contributed by atoms with Gasteiger partial charge in [-0.3, -0.25) is 0 Å². The van der Waals surface area contributed by atoms with Crippen LogP contribution in [0, 0.1) is 0 Å². The lowest BCUT2D eigenvalue weighted by molar-refractivity contribution is 0.149. The van der Waals surface area contributed by atoms with Gasteiger partial charge in [0.2, 0.25) is 0 Å². The summed E-state index contributed by atoms with van der Waals surface area (Å²) in [4.78, 5) is 2.45. The Bertz CT molecular complexity index is 141. The van der Waals surface area contributed by atoms with Crippen molar-refractivity contribution in [1.82, 2.24) is 10.2 Å². The first kappa shape index (κ1) is 13.9. The number of nitrogens with zero attached hydrogens (tertiary/aromatic N) is 1. The van der Waals surface area contributed by atoms with Gasteiger partial charge in [0, 0.05) is 11.6 Å². The minimum absolute atomic E-state index is 0.345. The topological polar surface area (TPSA) is 15.3 Å². The van der Waals surface area contributed by atoms with Crippen LogP contribution in [0.1, 0.15) is 47.5 Å². The van der Waals surface area contributed by atoms with Gasteiger partial charge in [-0.15, -0.1) is 0 Å². The van der Waals surface area contributed by atoms with Gasteiger partial charge in [0.05, 0.1) is 0 Å². The van der Waals surface area contributed by atoms with E-state index in [2.05, 4.69) is 51.9 Å². The molecule has 0 atom stereocenters. The van der Waals surface area contributed by atoms with Crippen molar-refractivity contribution < 1.29 is 0 Å². The van der Waals surface area contributed by atoms with E-state index in [1.807, 2.05) is 0 Å². The zero-order chi connectivity index (χ0) is 11.2. The van der Waals surface area contributed by atoms with Crippen molar-refractivity contribution in [2.75, 3.05) is 20.1 Å². The molecule has 0 aromatic carbocycles. The molecule has 1 N–H and O–H groups in total. The van der Waals surface area contributed by atoms with Crippen LogP contribution in [0.15, 0.2) is 0 Å². The molecule has 0 saturated carbocycles. The first-order valence-electron chi connectivity index (χ1n) is 5.84. The molecule has 0 unspecified atom stereocenters. The molecule has 0 aromatic rings. The van der Waals surface area contributed by atoms with Crippen LogP contribution >= 0.6 is 0 Å². The summed E-state index contributed by atoms with van der Waals surface area (Å²) in [6.45, 7) is 13.6. The maximum absolute atomic E-state index is 3.44. The van der Waals surface area contributed by atoms with Gasteiger partial charge >= 0.3 is 0 Å². The monoisotopic (exact) mass is 200 g/mol. The molecule has 0 saturated heterocycles. The van der Waals surface area contributed by atoms with Crippen LogP contribution in [0.4, 0.5) is 0 Å². The lowest BCUT2D eigenvalue weighted by atomic mass is 10.00. The maximum atomic E-state index is 3.44. The third kappa shape index (κ3) is 5.61. The number of hydrogen-bond donors (Lipinski definition) is 1. The van der Waals surface area contributed by atoms with E-state index >= 15 is 0 Å². The summed E-state index contributed by atoms with van der Waals surface area (Å²) >= 11 is 0. The zero-order valence-corrected chi connectivity index (χ0v) is 10.9. The normalized spacial score (nSPS) is 12.9. The summed E-state index contributed by atoms with van der Waals surface area (Å²) in [7, 11) is 2.22. The lowest BCUT2D eigenvalue weighted by Gasteiger charge is -2.34. The Morgan fingerprint density at radius 1 is 1.29 bits per heavy atom. The largest absolute Gasteiger partial charge is 0.314 e. The number of hydrogen-bond acceptors (Lipinski definition) is 2. The molecule has 0 radical (unpaired) electrons. The van der Waals surface area contributed by atoms with Crippen molar-refractivity contribution in [3.05, 3.63) is 0 Å². The van der Waals surface area contributed by atoms with Crippen molar-refractivity contribution in [1.29, 1.82) is 0 Å². The summed E-state index contributed by atoms with van der Waals surface area (Å²) in [6.07, 6.45) is 2.44. The van der Waals surface area contributed by atoms with Gasteiger partial charge in [-0.25, -0.2) is 0 Å². The Hall–Kier alpha value is -0.0800. The molecule has 2 heteroatoms. The standard InChI is InChI=1S/C12H28N2/c1-7-12(4,5)14(6)10-8-9-13-11(2)3/h11,13H,7-10H2,1-6H3. The van der Waals surface area contributed by atoms with E-state index in [-0.39, 0.29) is 0 Å². The van der Waals surface area contributed by atoms with Crippen molar-refractivity contribution in [2.45, 2.75) is 59.0 Å². The van der Waals surface area contributed by atoms with Crippen LogP contribution in [0.5, 0.6) is 0 Å². The maximum Gasteiger partial charge on any atom is 0.0147 e. The molecule has 14 heavy (non-hydrogen) atoms. The molecule has 0 aliphatic carbocycles. The van der Waals surface area contributed by atoms with Crippen LogP contribution in [-0.4, -0.2) is 36.6 Å². The summed E-state index contributed by atoms with van der Waals surface area (Å²) in [6, 6.07) is 0.611. The minimum Gasteiger partial charge on any atom is -0.314 e. The predicted octanol–water partition coefficient (Wildman–Crippen LogP) is 2.49. The third-order valence-corrected chi connectivity index (χ3v) is 3.12. The van der Waals surface area contributed by atoms with E-state index in [0.717, 1.165) is 6.54 Å². The quantitative estimate of drug-likeness (QED) is 0.635. The molecule has 0 aliphatic heterocycles. The van der Waals surface area contributed by atoms with Gasteiger partial charge in [-0.1, -0.05) is 20.8 Å². The molecule has 0 heterocycles. The molecule has 0 aromatic heterocycles. The van der Waals surface area contributed by atoms with Crippen molar-refractivity contribution in [3.63, 3.8) is 0 Å². The van der Waals surface area contributed by atoms with Crippen molar-refractivity contribution in [3.8, 4) is 0 Å². The first-order chi connectivity index (χ1) is 6.40. The fraction of sp³-hybridized carbons (Fsp3) is 1.00. The highest BCUT2D eigenvalue weighted by atomic mass is 15.2. The third-order valence-electron chi connectivity index (χ3n) is 3.12. The molecule has 0 aliphatic rings. The Morgan fingerprint density at radius 3 is 2.29 bits per heavy atom. The Kier molecular flexibility index (Phi) is 6.38. The van der Waals surface area contributed by atoms with Crippen LogP contribution in [0.3, 0.4) is 0 Å². The molecular formula is C12H28N2. The molecule has 0 bridgehead atoms. The second kappa shape index (κ2) is 6.41. The van der Waals surface area contributed by atoms with Crippen LogP contribution < -0.4 is 5.32 Å². The van der Waals surface area contributed by atoms with E-state index in [4.69, 9.17) is 0 Å². The van der Waals surface area contributed by atoms with Crippen LogP contribution in [-0.2, 0) is 0 Å². The van der Waals surface area contributed by atoms with Gasteiger partial charge < -0.3 is 10.2 Å². The molecule has 2 nitrogen and oxygen atoms in total. The highest BCUT2D eigenvalue weighted by Gasteiger charge is 2.19. The predicted molar refractivity (Wildman–Crippen MR) is 64.8 cm³/mol. The molecule has 0 spiro atoms. The fourth-order valence-corrected chi connectivity index (χ4v) is 1.28. The molecule has 0 fully saturated rings. The SMILES string of the molecule is CCC(C)(C)N(C)CCCNC(C)C. The van der Waals surface area contributed by atoms with Gasteiger partial charge in [0.25, 0.3) is 0 Å². The van der Waals surface area contributed by atoms with E-state index in [1.165, 1.54) is 19.4 Å². The molecule has 0 amide bonds. The molecule has 0 rings (SSSR count). The minimum atomic E-state index is 0.345. The van der Waals surface area contributed by atoms with Gasteiger partial charge in [0.1, 0.15) is 0 Å². The summed E-state index contributed by atoms with van der Waals surface area (Å²) in [5, 5.41) is 3.44. The summed E-state index contributed by atoms with van der Waals surface area (Å²) in [5.74, 6) is 0. The zero-order valence-electron chi connectivity index (χ0n) is 10.9. The second-order valence-electron chi connectivity index (χ2n) is 5.05. The van der Waals surface area contributed by atoms with E-state index in [0.29, 0.717) is 11.6 Å². The van der Waals surface area contributed by atoms with E-state index in [9.17, 15) is 0 Å². The van der Waals surface area contributed by atoms with Crippen molar-refractivity contribution in [2.24, 2.45) is 0 Å². The Morgan fingerprint density at radius 2 is 1.86 bits per heavy atom. The molecule has 86 valence electrons. The average molecular weight is 200 g/mol. The van der Waals surface area contributed by atoms with Gasteiger partial charge in [-0.2, -0.15) is 0 Å².